The number of hydrogen-bond acceptors (Lipinski definition) is 15. The van der Waals surface area contributed by atoms with Gasteiger partial charge in [0.2, 0.25) is 0 Å². The molecule has 82 heavy (non-hydrogen) atoms. The molecule has 450 valence electrons. The van der Waals surface area contributed by atoms with Gasteiger partial charge in [0.1, 0.15) is 34.9 Å². The Morgan fingerprint density at radius 1 is 0.573 bits per heavy atom. The van der Waals surface area contributed by atoms with Crippen LogP contribution in [0.1, 0.15) is 167 Å². The number of carbonyl (C=O) groups is 5. The van der Waals surface area contributed by atoms with Crippen molar-refractivity contribution >= 4 is 93.1 Å². The van der Waals surface area contributed by atoms with Crippen molar-refractivity contribution < 1.29 is 71.1 Å². The van der Waals surface area contributed by atoms with E-state index < -0.39 is 7.60 Å². The number of rotatable bonds is 17. The van der Waals surface area contributed by atoms with E-state index in [0.29, 0.717) is 64.0 Å². The number of aromatic hydroxyl groups is 1. The number of esters is 3. The van der Waals surface area contributed by atoms with Gasteiger partial charge in [0.05, 0.1) is 67.2 Å². The van der Waals surface area contributed by atoms with Gasteiger partial charge in [0, 0.05) is 18.1 Å². The van der Waals surface area contributed by atoms with E-state index in [1.54, 1.807) is 47.3 Å². The van der Waals surface area contributed by atoms with Crippen molar-refractivity contribution in [2.45, 2.75) is 143 Å². The lowest BCUT2D eigenvalue weighted by Crippen LogP contribution is -2.15. The number of methoxy groups -OCH3 is 3. The van der Waals surface area contributed by atoms with E-state index in [2.05, 4.69) is 59.4 Å². The van der Waals surface area contributed by atoms with Crippen molar-refractivity contribution in [2.24, 2.45) is 0 Å². The molecule has 0 radical (unpaired) electrons. The second-order valence-electron chi connectivity index (χ2n) is 19.3. The number of fused-ring (bicyclic) bond motifs is 4. The highest BCUT2D eigenvalue weighted by Gasteiger charge is 2.27. The quantitative estimate of drug-likeness (QED) is 0.0344. The fourth-order valence-electron chi connectivity index (χ4n) is 10.0. The van der Waals surface area contributed by atoms with Gasteiger partial charge in [-0.15, -0.1) is 47.3 Å². The molecular weight excluding hydrogens is 1270 g/mol. The molecule has 2 unspecified atom stereocenters. The van der Waals surface area contributed by atoms with Crippen molar-refractivity contribution in [1.29, 1.82) is 0 Å². The molecule has 0 saturated carbocycles. The molecule has 15 nitrogen and oxygen atoms in total. The predicted molar refractivity (Wildman–Crippen MR) is 335 cm³/mol. The van der Waals surface area contributed by atoms with Crippen molar-refractivity contribution in [2.75, 3.05) is 60.5 Å². The Morgan fingerprint density at radius 2 is 1.00 bits per heavy atom. The first kappa shape index (κ1) is 71.5. The highest BCUT2D eigenvalue weighted by Crippen LogP contribution is 2.47. The minimum atomic E-state index is -3.12. The summed E-state index contributed by atoms with van der Waals surface area (Å²) in [7, 11) is 1.87. The molecule has 8 rings (SSSR count). The van der Waals surface area contributed by atoms with E-state index in [0.717, 1.165) is 110 Å². The standard InChI is InChI=1S/C15H20O3.C15H18O3.C14H18O3.C11H12O2.C7H15O4P.BBr3/c2*1-3-18-15(16)10-12-6-4-5-11-9-13(17-2)7-8-14(11)12;1-2-17-14(16)9-11-5-3-4-10-8-12(15)6-7-13(10)11;1-13-9-5-6-10-8(7-9)3-2-4-11(10)12;1-4-10-12(9,11-5-2)6-7(3)8;2-1(3)4/h7-9,12H,3-6,10H2,1-2H3;7-10H,3-6H2,1-2H3;6-8,11,15H,2-5,9H2,1H3;5-7H,2-4H2,1H3;4-6H2,1-3H3;. The molecule has 0 spiro atoms. The summed E-state index contributed by atoms with van der Waals surface area (Å²) in [6.07, 6.45) is 14.5. The van der Waals surface area contributed by atoms with Crippen molar-refractivity contribution in [3.63, 3.8) is 0 Å². The summed E-state index contributed by atoms with van der Waals surface area (Å²) >= 11 is 9.31. The molecule has 4 aromatic carbocycles. The second kappa shape index (κ2) is 39.0. The molecular formula is C62H83BBr3O15P. The highest BCUT2D eigenvalue weighted by molar-refractivity contribution is 9.69. The molecule has 0 aliphatic heterocycles. The van der Waals surface area contributed by atoms with Crippen LogP contribution >= 0.6 is 54.9 Å². The lowest BCUT2D eigenvalue weighted by Gasteiger charge is -2.25. The minimum Gasteiger partial charge on any atom is -0.508 e. The second-order valence-corrected chi connectivity index (χ2v) is 27.8. The summed E-state index contributed by atoms with van der Waals surface area (Å²) < 4.78 is 52.2. The Kier molecular flexibility index (Phi) is 34.0. The molecule has 4 aromatic rings. The lowest BCUT2D eigenvalue weighted by atomic mass is 9.81. The molecule has 1 N–H and O–H groups in total. The van der Waals surface area contributed by atoms with Gasteiger partial charge in [-0.2, -0.15) is 0 Å². The smallest absolute Gasteiger partial charge is 0.369 e. The van der Waals surface area contributed by atoms with Crippen LogP contribution in [0.5, 0.6) is 23.0 Å². The topological polar surface area (TPSA) is 196 Å². The van der Waals surface area contributed by atoms with Crippen LogP contribution in [0.3, 0.4) is 0 Å². The van der Waals surface area contributed by atoms with Crippen LogP contribution in [-0.4, -0.2) is 98.3 Å². The Bertz CT molecular complexity index is 2740. The zero-order chi connectivity index (χ0) is 60.6. The van der Waals surface area contributed by atoms with Crippen molar-refractivity contribution in [3.8, 4) is 23.0 Å². The first-order valence-electron chi connectivity index (χ1n) is 28.1. The Hall–Kier alpha value is -4.78. The molecule has 2 atom stereocenters. The summed E-state index contributed by atoms with van der Waals surface area (Å²) in [5.41, 5.74) is 10.4. The number of carbonyl (C=O) groups excluding carboxylic acids is 5. The fraction of sp³-hybridized carbons (Fsp3) is 0.500. The number of ether oxygens (including phenoxy) is 6. The zero-order valence-corrected chi connectivity index (χ0v) is 54.8. The average molecular weight is 1350 g/mol. The summed E-state index contributed by atoms with van der Waals surface area (Å²) in [6.45, 7) is 12.2. The molecule has 20 heteroatoms. The monoisotopic (exact) mass is 1350 g/mol. The minimum absolute atomic E-state index is 0.0915. The third-order valence-corrected chi connectivity index (χ3v) is 15.6. The van der Waals surface area contributed by atoms with Crippen LogP contribution in [0, 0.1) is 0 Å². The van der Waals surface area contributed by atoms with Gasteiger partial charge in [-0.3, -0.25) is 23.7 Å². The van der Waals surface area contributed by atoms with Gasteiger partial charge in [-0.25, -0.2) is 4.79 Å². The summed E-state index contributed by atoms with van der Waals surface area (Å²) in [5.74, 6) is 3.08. The third kappa shape index (κ3) is 25.6. The van der Waals surface area contributed by atoms with E-state index in [1.165, 1.54) is 34.7 Å². The van der Waals surface area contributed by atoms with Crippen LogP contribution in [0.2, 0.25) is 0 Å². The number of halogens is 3. The van der Waals surface area contributed by atoms with Gasteiger partial charge in [0.15, 0.2) is 5.78 Å². The maximum absolute atomic E-state index is 11.6. The van der Waals surface area contributed by atoms with Gasteiger partial charge in [0.25, 0.3) is 0 Å². The summed E-state index contributed by atoms with van der Waals surface area (Å²) in [4.78, 5) is 56.8. The maximum atomic E-state index is 11.6. The molecule has 0 aromatic heterocycles. The van der Waals surface area contributed by atoms with Gasteiger partial charge in [-0.05, 0) is 223 Å². The predicted octanol–water partition coefficient (Wildman–Crippen LogP) is 15.0. The molecule has 4 aliphatic carbocycles. The van der Waals surface area contributed by atoms with Gasteiger partial charge >= 0.3 is 28.7 Å². The van der Waals surface area contributed by atoms with Gasteiger partial charge < -0.3 is 42.6 Å². The number of phenols is 1. The number of aryl methyl sites for hydroxylation is 4. The largest absolute Gasteiger partial charge is 0.508 e. The molecule has 4 aliphatic rings. The lowest BCUT2D eigenvalue weighted by molar-refractivity contribution is -0.144. The van der Waals surface area contributed by atoms with Crippen molar-refractivity contribution in [1.82, 2.24) is 0 Å². The number of phenolic OH excluding ortho intramolecular Hbond substituents is 1. The number of hydrogen-bond donors (Lipinski definition) is 1. The zero-order valence-electron chi connectivity index (χ0n) is 49.1. The molecule has 0 fully saturated rings. The number of benzene rings is 4. The van der Waals surface area contributed by atoms with Crippen molar-refractivity contribution in [3.05, 3.63) is 123 Å². The Morgan fingerprint density at radius 3 is 1.48 bits per heavy atom. The Labute approximate surface area is 511 Å². The summed E-state index contributed by atoms with van der Waals surface area (Å²) in [5, 5.41) is 9.45. The first-order valence-corrected chi connectivity index (χ1v) is 32.6. The van der Waals surface area contributed by atoms with E-state index in [-0.39, 0.29) is 44.7 Å². The van der Waals surface area contributed by atoms with Crippen LogP contribution < -0.4 is 14.2 Å². The molecule has 0 amide bonds. The highest BCUT2D eigenvalue weighted by atomic mass is 79.9. The SMILES string of the molecule is BrB(Br)Br.CCOC(=O)C=C1CCCc2cc(OC)ccc21.CCOC(=O)CC1CCCc2cc(O)ccc21.CCOC(=O)CC1CCCc2cc(OC)ccc21.CCOP(=O)(CC(C)=O)OCC.COc1ccc2c(c1)CCCC2=O. The Balaban J connectivity index is 0.000000267. The van der Waals surface area contributed by atoms with E-state index in [9.17, 15) is 33.6 Å². The number of ketones is 2. The first-order chi connectivity index (χ1) is 39.3. The van der Waals surface area contributed by atoms with Crippen LogP contribution in [0.4, 0.5) is 0 Å². The summed E-state index contributed by atoms with van der Waals surface area (Å²) in [6, 6.07) is 23.3. The van der Waals surface area contributed by atoms with E-state index in [4.69, 9.17) is 37.5 Å². The van der Waals surface area contributed by atoms with Gasteiger partial charge in [-0.1, -0.05) is 18.2 Å². The van der Waals surface area contributed by atoms with Crippen LogP contribution in [0.25, 0.3) is 5.57 Å². The van der Waals surface area contributed by atoms with Crippen LogP contribution in [0.15, 0.2) is 78.9 Å². The normalized spacial score (nSPS) is 15.8. The van der Waals surface area contributed by atoms with Crippen LogP contribution in [-0.2, 0) is 72.7 Å². The molecule has 0 saturated heterocycles. The van der Waals surface area contributed by atoms with E-state index in [1.807, 2.05) is 75.4 Å². The fourth-order valence-corrected chi connectivity index (χ4v) is 11.6. The average Bonchev–Trinajstić information content (AvgIpc) is 3.57. The number of allylic oxidation sites excluding steroid dienone is 1. The third-order valence-electron chi connectivity index (χ3n) is 13.5. The maximum Gasteiger partial charge on any atom is 0.369 e. The molecule has 0 heterocycles. The molecule has 0 bridgehead atoms. The van der Waals surface area contributed by atoms with E-state index >= 15 is 0 Å². The number of Topliss-reactive ketones (excluding diaryl/α,β-unsaturated/α-hetero) is 2.